The Morgan fingerprint density at radius 1 is 0.941 bits per heavy atom. The van der Waals surface area contributed by atoms with E-state index in [1.165, 1.54) is 0 Å². The summed E-state index contributed by atoms with van der Waals surface area (Å²) in [5, 5.41) is 14.6. The van der Waals surface area contributed by atoms with E-state index in [9.17, 15) is 19.5 Å². The first-order valence-electron chi connectivity index (χ1n) is 11.0. The van der Waals surface area contributed by atoms with Crippen LogP contribution in [0.25, 0.3) is 11.1 Å². The van der Waals surface area contributed by atoms with E-state index in [2.05, 4.69) is 15.6 Å². The average molecular weight is 460 g/mol. The van der Waals surface area contributed by atoms with Gasteiger partial charge in [-0.1, -0.05) is 48.5 Å². The fourth-order valence-corrected chi connectivity index (χ4v) is 4.10. The van der Waals surface area contributed by atoms with Gasteiger partial charge in [0.25, 0.3) is 0 Å². The van der Waals surface area contributed by atoms with Gasteiger partial charge >= 0.3 is 12.1 Å². The zero-order valence-corrected chi connectivity index (χ0v) is 18.4. The highest BCUT2D eigenvalue weighted by Crippen LogP contribution is 2.44. The molecule has 3 aromatic rings. The van der Waals surface area contributed by atoms with Crippen LogP contribution in [0, 0.1) is 0 Å². The van der Waals surface area contributed by atoms with Crippen molar-refractivity contribution in [3.63, 3.8) is 0 Å². The summed E-state index contributed by atoms with van der Waals surface area (Å²) in [6.45, 7) is 0.400. The first-order chi connectivity index (χ1) is 16.5. The van der Waals surface area contributed by atoms with E-state index in [-0.39, 0.29) is 31.3 Å². The number of aromatic nitrogens is 1. The van der Waals surface area contributed by atoms with Gasteiger partial charge in [-0.05, 0) is 46.4 Å². The molecule has 1 aliphatic carbocycles. The molecule has 0 bridgehead atoms. The molecule has 0 fully saturated rings. The van der Waals surface area contributed by atoms with Crippen LogP contribution in [0.2, 0.25) is 0 Å². The number of hydrogen-bond donors (Lipinski definition) is 3. The van der Waals surface area contributed by atoms with Gasteiger partial charge < -0.3 is 20.5 Å². The monoisotopic (exact) mass is 459 g/mol. The number of nitrogens with zero attached hydrogens (tertiary/aromatic N) is 1. The van der Waals surface area contributed by atoms with Gasteiger partial charge in [0.2, 0.25) is 5.91 Å². The van der Waals surface area contributed by atoms with Gasteiger partial charge in [0, 0.05) is 31.3 Å². The van der Waals surface area contributed by atoms with Crippen molar-refractivity contribution in [1.82, 2.24) is 15.6 Å². The Hall–Kier alpha value is -4.20. The number of alkyl carbamates (subject to hydrolysis) is 1. The van der Waals surface area contributed by atoms with Gasteiger partial charge in [0.15, 0.2) is 0 Å². The fourth-order valence-electron chi connectivity index (χ4n) is 4.10. The van der Waals surface area contributed by atoms with E-state index in [4.69, 9.17) is 4.74 Å². The maximum absolute atomic E-state index is 12.4. The lowest BCUT2D eigenvalue weighted by atomic mass is 9.98. The van der Waals surface area contributed by atoms with Crippen LogP contribution < -0.4 is 10.6 Å². The summed E-state index contributed by atoms with van der Waals surface area (Å²) in [5.74, 6) is -1.66. The summed E-state index contributed by atoms with van der Waals surface area (Å²) in [7, 11) is 0. The normalized spacial score (nSPS) is 12.8. The topological polar surface area (TPSA) is 118 Å². The first kappa shape index (κ1) is 23.0. The van der Waals surface area contributed by atoms with E-state index in [0.717, 1.165) is 27.8 Å². The SMILES string of the molecule is O=C(CCC(NC(=O)OCC1c2ccccc2-c2ccccc21)C(=O)O)NCc1ccncc1. The Kier molecular flexibility index (Phi) is 7.17. The number of carbonyl (C=O) groups is 3. The molecule has 34 heavy (non-hydrogen) atoms. The van der Waals surface area contributed by atoms with E-state index < -0.39 is 18.1 Å². The fraction of sp³-hybridized carbons (Fsp3) is 0.231. The van der Waals surface area contributed by atoms with Crippen LogP contribution in [0.4, 0.5) is 4.79 Å². The van der Waals surface area contributed by atoms with Gasteiger partial charge in [-0.2, -0.15) is 0 Å². The molecule has 0 radical (unpaired) electrons. The quantitative estimate of drug-likeness (QED) is 0.451. The molecule has 0 saturated heterocycles. The van der Waals surface area contributed by atoms with Crippen LogP contribution in [0.15, 0.2) is 73.1 Å². The molecule has 174 valence electrons. The number of fused-ring (bicyclic) bond motifs is 3. The third-order valence-electron chi connectivity index (χ3n) is 5.83. The van der Waals surface area contributed by atoms with Gasteiger partial charge in [0.1, 0.15) is 12.6 Å². The minimum absolute atomic E-state index is 0.0499. The molecule has 0 aliphatic heterocycles. The molecule has 8 nitrogen and oxygen atoms in total. The van der Waals surface area contributed by atoms with Gasteiger partial charge in [-0.15, -0.1) is 0 Å². The van der Waals surface area contributed by atoms with E-state index >= 15 is 0 Å². The number of benzene rings is 2. The lowest BCUT2D eigenvalue weighted by Crippen LogP contribution is -2.42. The largest absolute Gasteiger partial charge is 0.480 e. The van der Waals surface area contributed by atoms with Gasteiger partial charge in [-0.3, -0.25) is 9.78 Å². The highest BCUT2D eigenvalue weighted by Gasteiger charge is 2.29. The summed E-state index contributed by atoms with van der Waals surface area (Å²) in [6, 6.07) is 18.2. The first-order valence-corrected chi connectivity index (χ1v) is 11.0. The Bertz CT molecular complexity index is 1140. The van der Waals surface area contributed by atoms with Crippen LogP contribution in [0.5, 0.6) is 0 Å². The Morgan fingerprint density at radius 2 is 1.56 bits per heavy atom. The maximum atomic E-state index is 12.4. The number of hydrogen-bond acceptors (Lipinski definition) is 5. The van der Waals surface area contributed by atoms with Gasteiger partial charge in [0.05, 0.1) is 0 Å². The molecule has 8 heteroatoms. The van der Waals surface area contributed by atoms with Crippen molar-refractivity contribution in [2.45, 2.75) is 31.3 Å². The molecule has 0 spiro atoms. The molecule has 2 amide bonds. The molecule has 0 saturated carbocycles. The van der Waals surface area contributed by atoms with Crippen molar-refractivity contribution in [2.75, 3.05) is 6.61 Å². The van der Waals surface area contributed by atoms with Crippen LogP contribution >= 0.6 is 0 Å². The number of nitrogens with one attached hydrogen (secondary N) is 2. The second-order valence-electron chi connectivity index (χ2n) is 8.03. The number of aliphatic carboxylic acids is 1. The highest BCUT2D eigenvalue weighted by atomic mass is 16.5. The molecule has 1 aromatic heterocycles. The van der Waals surface area contributed by atoms with Crippen molar-refractivity contribution in [3.8, 4) is 11.1 Å². The zero-order chi connectivity index (χ0) is 23.9. The standard InChI is InChI=1S/C26H25N3O5/c30-24(28-15-17-11-13-27-14-12-17)10-9-23(25(31)32)29-26(33)34-16-22-20-7-3-1-5-18(20)19-6-2-4-8-21(19)22/h1-8,11-14,22-23H,9-10,15-16H2,(H,28,30)(H,29,33)(H,31,32). The van der Waals surface area contributed by atoms with Crippen LogP contribution in [-0.2, 0) is 20.9 Å². The molecular weight excluding hydrogens is 434 g/mol. The number of carbonyl (C=O) groups excluding carboxylic acids is 2. The minimum Gasteiger partial charge on any atom is -0.480 e. The molecule has 3 N–H and O–H groups in total. The van der Waals surface area contributed by atoms with E-state index in [1.807, 2.05) is 48.5 Å². The minimum atomic E-state index is -1.23. The summed E-state index contributed by atoms with van der Waals surface area (Å²) >= 11 is 0. The van der Waals surface area contributed by atoms with E-state index in [0.29, 0.717) is 6.54 Å². The third kappa shape index (κ3) is 5.40. The predicted octanol–water partition coefficient (Wildman–Crippen LogP) is 3.47. The number of rotatable bonds is 9. The van der Waals surface area contributed by atoms with E-state index in [1.54, 1.807) is 24.5 Å². The van der Waals surface area contributed by atoms with Crippen molar-refractivity contribution >= 4 is 18.0 Å². The summed E-state index contributed by atoms with van der Waals surface area (Å²) in [5.41, 5.74) is 5.23. The van der Waals surface area contributed by atoms with Crippen LogP contribution in [0.3, 0.4) is 0 Å². The van der Waals surface area contributed by atoms with Crippen molar-refractivity contribution in [1.29, 1.82) is 0 Å². The van der Waals surface area contributed by atoms with Crippen LogP contribution in [0.1, 0.15) is 35.4 Å². The Morgan fingerprint density at radius 3 is 2.18 bits per heavy atom. The molecule has 1 aliphatic rings. The molecule has 2 aromatic carbocycles. The van der Waals surface area contributed by atoms with Crippen molar-refractivity contribution in [2.24, 2.45) is 0 Å². The zero-order valence-electron chi connectivity index (χ0n) is 18.4. The van der Waals surface area contributed by atoms with Crippen molar-refractivity contribution < 1.29 is 24.2 Å². The number of carboxylic acid groups (broad SMARTS) is 1. The average Bonchev–Trinajstić information content (AvgIpc) is 3.18. The second-order valence-corrected chi connectivity index (χ2v) is 8.03. The number of ether oxygens (including phenoxy) is 1. The number of pyridine rings is 1. The third-order valence-corrected chi connectivity index (χ3v) is 5.83. The summed E-state index contributed by atoms with van der Waals surface area (Å²) < 4.78 is 5.41. The predicted molar refractivity (Wildman–Crippen MR) is 125 cm³/mol. The van der Waals surface area contributed by atoms with Crippen molar-refractivity contribution in [3.05, 3.63) is 89.7 Å². The Labute approximate surface area is 197 Å². The lowest BCUT2D eigenvalue weighted by Gasteiger charge is -2.17. The maximum Gasteiger partial charge on any atom is 0.407 e. The van der Waals surface area contributed by atoms with Crippen LogP contribution in [-0.4, -0.2) is 40.7 Å². The number of amides is 2. The summed E-state index contributed by atoms with van der Waals surface area (Å²) in [6.07, 6.45) is 2.32. The molecular formula is C26H25N3O5. The summed E-state index contributed by atoms with van der Waals surface area (Å²) in [4.78, 5) is 40.0. The molecule has 1 heterocycles. The van der Waals surface area contributed by atoms with Gasteiger partial charge in [-0.25, -0.2) is 9.59 Å². The Balaban J connectivity index is 1.29. The second kappa shape index (κ2) is 10.6. The molecule has 1 atom stereocenters. The number of carboxylic acids is 1. The molecule has 4 rings (SSSR count). The molecule has 1 unspecified atom stereocenters. The highest BCUT2D eigenvalue weighted by molar-refractivity contribution is 5.82. The smallest absolute Gasteiger partial charge is 0.407 e. The lowest BCUT2D eigenvalue weighted by molar-refractivity contribution is -0.139.